The monoisotopic (exact) mass is 217 g/mol. The fraction of sp³-hybridized carbons (Fsp3) is 0.462. The quantitative estimate of drug-likeness (QED) is 0.827. The van der Waals surface area contributed by atoms with Crippen molar-refractivity contribution in [1.82, 2.24) is 5.32 Å². The van der Waals surface area contributed by atoms with E-state index < -0.39 is 0 Å². The van der Waals surface area contributed by atoms with Crippen molar-refractivity contribution in [2.45, 2.75) is 31.2 Å². The molecule has 3 nitrogen and oxygen atoms in total. The number of ether oxygens (including phenoxy) is 1. The molecule has 1 N–H and O–H groups in total. The summed E-state index contributed by atoms with van der Waals surface area (Å²) in [7, 11) is 0. The number of rotatable bonds is 2. The van der Waals surface area contributed by atoms with Crippen LogP contribution in [-0.4, -0.2) is 11.6 Å². The van der Waals surface area contributed by atoms with E-state index in [0.717, 1.165) is 25.2 Å². The molecule has 2 bridgehead atoms. The molecule has 0 spiro atoms. The van der Waals surface area contributed by atoms with Crippen LogP contribution in [0.25, 0.3) is 0 Å². The summed E-state index contributed by atoms with van der Waals surface area (Å²) in [4.78, 5) is 11.7. The number of nitrogens with one attached hydrogen (secondary N) is 1. The fourth-order valence-electron chi connectivity index (χ4n) is 2.94. The minimum atomic E-state index is -0.313. The highest BCUT2D eigenvalue weighted by atomic mass is 16.6. The van der Waals surface area contributed by atoms with Crippen LogP contribution in [0.4, 0.5) is 4.79 Å². The van der Waals surface area contributed by atoms with Crippen molar-refractivity contribution in [3.8, 4) is 5.75 Å². The molecule has 0 heterocycles. The van der Waals surface area contributed by atoms with Crippen molar-refractivity contribution in [3.05, 3.63) is 30.3 Å². The van der Waals surface area contributed by atoms with Crippen molar-refractivity contribution < 1.29 is 9.53 Å². The molecule has 84 valence electrons. The van der Waals surface area contributed by atoms with Gasteiger partial charge >= 0.3 is 6.09 Å². The number of hydrogen-bond acceptors (Lipinski definition) is 2. The maximum atomic E-state index is 11.7. The minimum Gasteiger partial charge on any atom is -0.410 e. The molecule has 0 atom stereocenters. The molecule has 4 rings (SSSR count). The normalized spacial score (nSPS) is 30.6. The zero-order chi connectivity index (χ0) is 11.0. The van der Waals surface area contributed by atoms with Gasteiger partial charge in [-0.25, -0.2) is 4.79 Å². The number of carbonyl (C=O) groups is 1. The van der Waals surface area contributed by atoms with Crippen molar-refractivity contribution in [1.29, 1.82) is 0 Å². The predicted octanol–water partition coefficient (Wildman–Crippen LogP) is 2.72. The summed E-state index contributed by atoms with van der Waals surface area (Å²) in [6.45, 7) is 0. The maximum Gasteiger partial charge on any atom is 0.413 e. The SMILES string of the molecule is O=C(NC12CCC(C1)C2)Oc1ccccc1. The van der Waals surface area contributed by atoms with E-state index in [1.54, 1.807) is 12.1 Å². The standard InChI is InChI=1S/C13H15NO2/c15-12(16-11-4-2-1-3-5-11)14-13-7-6-10(8-13)9-13/h1-5,10H,6-9H2,(H,14,15). The molecule has 3 fully saturated rings. The molecule has 0 unspecified atom stereocenters. The van der Waals surface area contributed by atoms with Gasteiger partial charge in [-0.1, -0.05) is 18.2 Å². The first kappa shape index (κ1) is 9.70. The molecule has 0 aliphatic heterocycles. The van der Waals surface area contributed by atoms with E-state index in [1.165, 1.54) is 6.42 Å². The van der Waals surface area contributed by atoms with E-state index in [-0.39, 0.29) is 11.6 Å². The Morgan fingerprint density at radius 1 is 1.31 bits per heavy atom. The number of carbonyl (C=O) groups excluding carboxylic acids is 1. The Morgan fingerprint density at radius 2 is 2.06 bits per heavy atom. The minimum absolute atomic E-state index is 0.0660. The number of fused-ring (bicyclic) bond motifs is 1. The van der Waals surface area contributed by atoms with Gasteiger partial charge in [-0.05, 0) is 43.7 Å². The summed E-state index contributed by atoms with van der Waals surface area (Å²) >= 11 is 0. The lowest BCUT2D eigenvalue weighted by Gasteiger charge is -2.38. The van der Waals surface area contributed by atoms with Crippen LogP contribution in [0.3, 0.4) is 0 Å². The van der Waals surface area contributed by atoms with E-state index in [4.69, 9.17) is 4.74 Å². The van der Waals surface area contributed by atoms with Gasteiger partial charge in [0.2, 0.25) is 0 Å². The van der Waals surface area contributed by atoms with Gasteiger partial charge in [-0.2, -0.15) is 0 Å². The largest absolute Gasteiger partial charge is 0.413 e. The first-order valence-corrected chi connectivity index (χ1v) is 5.81. The molecule has 1 amide bonds. The summed E-state index contributed by atoms with van der Waals surface area (Å²) in [6.07, 6.45) is 4.33. The third kappa shape index (κ3) is 1.66. The average molecular weight is 217 g/mol. The van der Waals surface area contributed by atoms with Gasteiger partial charge in [0.15, 0.2) is 0 Å². The lowest BCUT2D eigenvalue weighted by atomic mass is 9.77. The van der Waals surface area contributed by atoms with Gasteiger partial charge in [0, 0.05) is 5.54 Å². The highest BCUT2D eigenvalue weighted by molar-refractivity contribution is 5.71. The second kappa shape index (κ2) is 3.51. The molecule has 1 aromatic carbocycles. The summed E-state index contributed by atoms with van der Waals surface area (Å²) in [5.41, 5.74) is 0.0660. The Hall–Kier alpha value is -1.51. The van der Waals surface area contributed by atoms with Crippen molar-refractivity contribution in [2.75, 3.05) is 0 Å². The maximum absolute atomic E-state index is 11.7. The molecule has 0 saturated heterocycles. The molecule has 1 aromatic rings. The number of benzene rings is 1. The molecule has 3 aliphatic carbocycles. The van der Waals surface area contributed by atoms with Crippen LogP contribution in [0.1, 0.15) is 25.7 Å². The Bertz CT molecular complexity index is 390. The Morgan fingerprint density at radius 3 is 2.69 bits per heavy atom. The first-order chi connectivity index (χ1) is 7.76. The second-order valence-corrected chi connectivity index (χ2v) is 4.92. The van der Waals surface area contributed by atoms with E-state index in [0.29, 0.717) is 5.75 Å². The van der Waals surface area contributed by atoms with Gasteiger partial charge in [0.05, 0.1) is 0 Å². The van der Waals surface area contributed by atoms with Gasteiger partial charge in [0.1, 0.15) is 5.75 Å². The van der Waals surface area contributed by atoms with Gasteiger partial charge < -0.3 is 10.1 Å². The molecule has 0 aromatic heterocycles. The zero-order valence-corrected chi connectivity index (χ0v) is 9.11. The van der Waals surface area contributed by atoms with Crippen molar-refractivity contribution in [2.24, 2.45) is 5.92 Å². The van der Waals surface area contributed by atoms with Crippen LogP contribution in [0.15, 0.2) is 30.3 Å². The fourth-order valence-corrected chi connectivity index (χ4v) is 2.94. The van der Waals surface area contributed by atoms with Crippen LogP contribution in [0.2, 0.25) is 0 Å². The smallest absolute Gasteiger partial charge is 0.410 e. The third-order valence-corrected chi connectivity index (χ3v) is 3.71. The number of para-hydroxylation sites is 1. The van der Waals surface area contributed by atoms with Gasteiger partial charge in [0.25, 0.3) is 0 Å². The highest BCUT2D eigenvalue weighted by Crippen LogP contribution is 2.51. The lowest BCUT2D eigenvalue weighted by Crippen LogP contribution is -2.52. The summed E-state index contributed by atoms with van der Waals surface area (Å²) in [5, 5.41) is 3.01. The molecular weight excluding hydrogens is 202 g/mol. The van der Waals surface area contributed by atoms with Crippen LogP contribution in [0.5, 0.6) is 5.75 Å². The van der Waals surface area contributed by atoms with Crippen molar-refractivity contribution in [3.63, 3.8) is 0 Å². The molecule has 3 aliphatic rings. The number of amides is 1. The lowest BCUT2D eigenvalue weighted by molar-refractivity contribution is 0.153. The third-order valence-electron chi connectivity index (χ3n) is 3.71. The molecule has 3 saturated carbocycles. The van der Waals surface area contributed by atoms with Crippen LogP contribution in [0, 0.1) is 5.92 Å². The first-order valence-electron chi connectivity index (χ1n) is 5.81. The van der Waals surface area contributed by atoms with E-state index in [9.17, 15) is 4.79 Å². The molecular formula is C13H15NO2. The van der Waals surface area contributed by atoms with Gasteiger partial charge in [-0.15, -0.1) is 0 Å². The van der Waals surface area contributed by atoms with Gasteiger partial charge in [-0.3, -0.25) is 0 Å². The van der Waals surface area contributed by atoms with E-state index in [2.05, 4.69) is 5.32 Å². The Labute approximate surface area is 94.8 Å². The molecule has 0 radical (unpaired) electrons. The predicted molar refractivity (Wildman–Crippen MR) is 60.3 cm³/mol. The Kier molecular flexibility index (Phi) is 2.13. The average Bonchev–Trinajstić information content (AvgIpc) is 2.78. The van der Waals surface area contributed by atoms with E-state index >= 15 is 0 Å². The summed E-state index contributed by atoms with van der Waals surface area (Å²) < 4.78 is 5.22. The summed E-state index contributed by atoms with van der Waals surface area (Å²) in [6, 6.07) is 9.19. The molecule has 3 heteroatoms. The zero-order valence-electron chi connectivity index (χ0n) is 9.11. The number of hydrogen-bond donors (Lipinski definition) is 1. The van der Waals surface area contributed by atoms with Crippen molar-refractivity contribution >= 4 is 6.09 Å². The van der Waals surface area contributed by atoms with E-state index in [1.807, 2.05) is 18.2 Å². The van der Waals surface area contributed by atoms with Crippen LogP contribution < -0.4 is 10.1 Å². The molecule has 16 heavy (non-hydrogen) atoms. The van der Waals surface area contributed by atoms with Crippen LogP contribution >= 0.6 is 0 Å². The topological polar surface area (TPSA) is 38.3 Å². The van der Waals surface area contributed by atoms with Crippen LogP contribution in [-0.2, 0) is 0 Å². The Balaban J connectivity index is 1.58. The second-order valence-electron chi connectivity index (χ2n) is 4.92. The summed E-state index contributed by atoms with van der Waals surface area (Å²) in [5.74, 6) is 1.45. The highest BCUT2D eigenvalue weighted by Gasteiger charge is 2.51.